The zero-order valence-electron chi connectivity index (χ0n) is 11.7. The summed E-state index contributed by atoms with van der Waals surface area (Å²) in [6.45, 7) is 5.85. The highest BCUT2D eigenvalue weighted by molar-refractivity contribution is 9.10. The molecular formula is C15H19BrN4. The van der Waals surface area contributed by atoms with E-state index in [0.717, 1.165) is 11.0 Å². The number of nitrogens with two attached hydrogens (primary N) is 1. The molecule has 0 aliphatic rings. The summed E-state index contributed by atoms with van der Waals surface area (Å²) in [7, 11) is 0. The van der Waals surface area contributed by atoms with E-state index in [1.54, 1.807) is 12.3 Å². The third kappa shape index (κ3) is 3.77. The van der Waals surface area contributed by atoms with Crippen LogP contribution in [0.15, 0.2) is 41.0 Å². The fourth-order valence-electron chi connectivity index (χ4n) is 2.09. The van der Waals surface area contributed by atoms with Crippen molar-refractivity contribution in [2.75, 3.05) is 12.3 Å². The van der Waals surface area contributed by atoms with Gasteiger partial charge in [0.15, 0.2) is 0 Å². The number of aromatic nitrogens is 2. The third-order valence-electron chi connectivity index (χ3n) is 3.18. The van der Waals surface area contributed by atoms with E-state index in [2.05, 4.69) is 63.3 Å². The van der Waals surface area contributed by atoms with Crippen LogP contribution in [0.3, 0.4) is 0 Å². The lowest BCUT2D eigenvalue weighted by atomic mass is 9.84. The Balaban J connectivity index is 1.98. The molecule has 0 atom stereocenters. The Morgan fingerprint density at radius 2 is 2.00 bits per heavy atom. The highest BCUT2D eigenvalue weighted by Crippen LogP contribution is 2.29. The molecule has 2 aromatic rings. The van der Waals surface area contributed by atoms with Gasteiger partial charge in [0.05, 0.1) is 6.54 Å². The monoisotopic (exact) mass is 334 g/mol. The van der Waals surface area contributed by atoms with Gasteiger partial charge in [0, 0.05) is 22.6 Å². The first-order valence-electron chi connectivity index (χ1n) is 6.52. The SMILES string of the molecule is CC(C)(CNCc1nccc(N)n1)c1ccccc1Br. The predicted molar refractivity (Wildman–Crippen MR) is 85.3 cm³/mol. The van der Waals surface area contributed by atoms with Crippen molar-refractivity contribution >= 4 is 21.7 Å². The van der Waals surface area contributed by atoms with Gasteiger partial charge in [0.2, 0.25) is 0 Å². The average molecular weight is 335 g/mol. The van der Waals surface area contributed by atoms with Crippen molar-refractivity contribution in [2.45, 2.75) is 25.8 Å². The van der Waals surface area contributed by atoms with E-state index in [9.17, 15) is 0 Å². The molecule has 106 valence electrons. The maximum absolute atomic E-state index is 5.64. The Morgan fingerprint density at radius 1 is 1.25 bits per heavy atom. The summed E-state index contributed by atoms with van der Waals surface area (Å²) in [5, 5.41) is 3.39. The van der Waals surface area contributed by atoms with E-state index >= 15 is 0 Å². The van der Waals surface area contributed by atoms with Gasteiger partial charge < -0.3 is 11.1 Å². The third-order valence-corrected chi connectivity index (χ3v) is 3.87. The van der Waals surface area contributed by atoms with E-state index in [4.69, 9.17) is 5.73 Å². The second-order valence-electron chi connectivity index (χ2n) is 5.37. The average Bonchev–Trinajstić information content (AvgIpc) is 2.39. The van der Waals surface area contributed by atoms with Gasteiger partial charge in [-0.15, -0.1) is 0 Å². The van der Waals surface area contributed by atoms with Gasteiger partial charge in [-0.25, -0.2) is 9.97 Å². The Hall–Kier alpha value is -1.46. The normalized spacial score (nSPS) is 11.6. The van der Waals surface area contributed by atoms with Gasteiger partial charge in [-0.2, -0.15) is 0 Å². The summed E-state index contributed by atoms with van der Waals surface area (Å²) in [6, 6.07) is 9.98. The van der Waals surface area contributed by atoms with Crippen LogP contribution in [-0.2, 0) is 12.0 Å². The van der Waals surface area contributed by atoms with Crippen LogP contribution in [0.25, 0.3) is 0 Å². The minimum atomic E-state index is 0.0143. The van der Waals surface area contributed by atoms with E-state index in [-0.39, 0.29) is 5.41 Å². The van der Waals surface area contributed by atoms with Crippen LogP contribution < -0.4 is 11.1 Å². The summed E-state index contributed by atoms with van der Waals surface area (Å²) in [5.74, 6) is 1.22. The van der Waals surface area contributed by atoms with Crippen molar-refractivity contribution in [2.24, 2.45) is 0 Å². The molecule has 2 rings (SSSR count). The number of benzene rings is 1. The standard InChI is InChI=1S/C15H19BrN4/c1-15(2,11-5-3-4-6-12(11)16)10-18-9-14-19-8-7-13(17)20-14/h3-8,18H,9-10H2,1-2H3,(H2,17,19,20). The quantitative estimate of drug-likeness (QED) is 0.882. The molecule has 1 aromatic heterocycles. The molecule has 0 fully saturated rings. The molecule has 0 unspecified atom stereocenters. The molecule has 1 aromatic carbocycles. The number of nitrogens with zero attached hydrogens (tertiary/aromatic N) is 2. The lowest BCUT2D eigenvalue weighted by Crippen LogP contribution is -2.33. The van der Waals surface area contributed by atoms with E-state index in [0.29, 0.717) is 18.2 Å². The molecule has 1 heterocycles. The first kappa shape index (κ1) is 14.9. The van der Waals surface area contributed by atoms with E-state index in [1.807, 2.05) is 6.07 Å². The summed E-state index contributed by atoms with van der Waals surface area (Å²) in [6.07, 6.45) is 1.68. The van der Waals surface area contributed by atoms with Crippen molar-refractivity contribution in [3.05, 3.63) is 52.4 Å². The van der Waals surface area contributed by atoms with Crippen molar-refractivity contribution in [3.8, 4) is 0 Å². The number of hydrogen-bond acceptors (Lipinski definition) is 4. The minimum absolute atomic E-state index is 0.0143. The number of halogens is 1. The van der Waals surface area contributed by atoms with Crippen LogP contribution in [0, 0.1) is 0 Å². The molecular weight excluding hydrogens is 316 g/mol. The van der Waals surface area contributed by atoms with Crippen LogP contribution >= 0.6 is 15.9 Å². The molecule has 0 amide bonds. The number of anilines is 1. The molecule has 0 bridgehead atoms. The fraction of sp³-hybridized carbons (Fsp3) is 0.333. The molecule has 0 saturated heterocycles. The summed E-state index contributed by atoms with van der Waals surface area (Å²) in [4.78, 5) is 8.36. The highest BCUT2D eigenvalue weighted by Gasteiger charge is 2.22. The maximum atomic E-state index is 5.64. The smallest absolute Gasteiger partial charge is 0.144 e. The fourth-order valence-corrected chi connectivity index (χ4v) is 2.91. The second-order valence-corrected chi connectivity index (χ2v) is 6.22. The van der Waals surface area contributed by atoms with E-state index in [1.165, 1.54) is 5.56 Å². The van der Waals surface area contributed by atoms with Crippen molar-refractivity contribution in [3.63, 3.8) is 0 Å². The van der Waals surface area contributed by atoms with Crippen molar-refractivity contribution in [1.82, 2.24) is 15.3 Å². The molecule has 5 heteroatoms. The zero-order valence-corrected chi connectivity index (χ0v) is 13.3. The first-order valence-corrected chi connectivity index (χ1v) is 7.31. The Kier molecular flexibility index (Phi) is 4.73. The van der Waals surface area contributed by atoms with Crippen LogP contribution in [0.2, 0.25) is 0 Å². The van der Waals surface area contributed by atoms with Crippen LogP contribution in [0.1, 0.15) is 25.2 Å². The van der Waals surface area contributed by atoms with Gasteiger partial charge in [-0.3, -0.25) is 0 Å². The molecule has 4 nitrogen and oxygen atoms in total. The Labute approximate surface area is 128 Å². The van der Waals surface area contributed by atoms with Gasteiger partial charge in [-0.1, -0.05) is 48.0 Å². The van der Waals surface area contributed by atoms with Crippen molar-refractivity contribution < 1.29 is 0 Å². The molecule has 3 N–H and O–H groups in total. The predicted octanol–water partition coefficient (Wildman–Crippen LogP) is 2.89. The van der Waals surface area contributed by atoms with Crippen LogP contribution in [-0.4, -0.2) is 16.5 Å². The number of nitrogen functional groups attached to an aromatic ring is 1. The number of nitrogens with one attached hydrogen (secondary N) is 1. The highest BCUT2D eigenvalue weighted by atomic mass is 79.9. The number of rotatable bonds is 5. The van der Waals surface area contributed by atoms with Crippen LogP contribution in [0.4, 0.5) is 5.82 Å². The molecule has 0 saturated carbocycles. The summed E-state index contributed by atoms with van der Waals surface area (Å²) < 4.78 is 1.13. The lowest BCUT2D eigenvalue weighted by Gasteiger charge is -2.26. The molecule has 0 aliphatic heterocycles. The van der Waals surface area contributed by atoms with Crippen LogP contribution in [0.5, 0.6) is 0 Å². The van der Waals surface area contributed by atoms with Gasteiger partial charge in [0.1, 0.15) is 11.6 Å². The van der Waals surface area contributed by atoms with E-state index < -0.39 is 0 Å². The Bertz CT molecular complexity index is 584. The van der Waals surface area contributed by atoms with Crippen molar-refractivity contribution in [1.29, 1.82) is 0 Å². The molecule has 20 heavy (non-hydrogen) atoms. The number of hydrogen-bond donors (Lipinski definition) is 2. The molecule has 0 aliphatic carbocycles. The van der Waals surface area contributed by atoms with Gasteiger partial charge in [-0.05, 0) is 17.7 Å². The first-order chi connectivity index (χ1) is 9.49. The van der Waals surface area contributed by atoms with Gasteiger partial charge in [0.25, 0.3) is 0 Å². The van der Waals surface area contributed by atoms with Gasteiger partial charge >= 0.3 is 0 Å². The summed E-state index contributed by atoms with van der Waals surface area (Å²) >= 11 is 3.61. The molecule has 0 radical (unpaired) electrons. The summed E-state index contributed by atoms with van der Waals surface area (Å²) in [5.41, 5.74) is 6.93. The maximum Gasteiger partial charge on any atom is 0.144 e. The topological polar surface area (TPSA) is 63.8 Å². The molecule has 0 spiro atoms. The minimum Gasteiger partial charge on any atom is -0.384 e. The largest absolute Gasteiger partial charge is 0.384 e. The zero-order chi connectivity index (χ0) is 14.6. The second kappa shape index (κ2) is 6.33. The Morgan fingerprint density at radius 3 is 2.70 bits per heavy atom. The lowest BCUT2D eigenvalue weighted by molar-refractivity contribution is 0.463.